The van der Waals surface area contributed by atoms with E-state index in [9.17, 15) is 4.79 Å². The van der Waals surface area contributed by atoms with Crippen molar-refractivity contribution >= 4 is 5.91 Å². The van der Waals surface area contributed by atoms with Crippen LogP contribution in [0.2, 0.25) is 0 Å². The van der Waals surface area contributed by atoms with Crippen LogP contribution in [0.5, 0.6) is 0 Å². The van der Waals surface area contributed by atoms with Crippen molar-refractivity contribution in [2.45, 2.75) is 65.3 Å². The van der Waals surface area contributed by atoms with E-state index < -0.39 is 0 Å². The van der Waals surface area contributed by atoms with E-state index in [1.807, 2.05) is 4.90 Å². The van der Waals surface area contributed by atoms with Gasteiger partial charge in [0.1, 0.15) is 0 Å². The molecule has 1 aromatic rings. The van der Waals surface area contributed by atoms with Gasteiger partial charge in [-0.05, 0) is 38.5 Å². The third kappa shape index (κ3) is 3.10. The van der Waals surface area contributed by atoms with E-state index in [2.05, 4.69) is 30.6 Å². The van der Waals surface area contributed by atoms with Gasteiger partial charge in [-0.3, -0.25) is 9.48 Å². The highest BCUT2D eigenvalue weighted by molar-refractivity contribution is 5.95. The maximum absolute atomic E-state index is 13.2. The van der Waals surface area contributed by atoms with Crippen LogP contribution in [0, 0.1) is 5.41 Å². The van der Waals surface area contributed by atoms with Crippen LogP contribution in [0.1, 0.15) is 75.0 Å². The first kappa shape index (κ1) is 17.5. The lowest BCUT2D eigenvalue weighted by atomic mass is 9.79. The molecule has 5 heteroatoms. The molecule has 3 rings (SSSR count). The Morgan fingerprint density at radius 2 is 2.12 bits per heavy atom. The van der Waals surface area contributed by atoms with Crippen LogP contribution >= 0.6 is 0 Å². The average Bonchev–Trinajstić information content (AvgIpc) is 3.23. The minimum atomic E-state index is 0.162. The SMILES string of the molecule is CCc1c(C(=O)N2CCCC3(CCOC3)C2)cnn1C(CC)CC. The summed E-state index contributed by atoms with van der Waals surface area (Å²) >= 11 is 0. The first-order valence-corrected chi connectivity index (χ1v) is 9.57. The molecule has 5 nitrogen and oxygen atoms in total. The number of nitrogens with zero attached hydrogens (tertiary/aromatic N) is 3. The van der Waals surface area contributed by atoms with Gasteiger partial charge in [0.15, 0.2) is 0 Å². The van der Waals surface area contributed by atoms with Crippen LogP contribution < -0.4 is 0 Å². The van der Waals surface area contributed by atoms with E-state index in [0.717, 1.165) is 69.7 Å². The first-order valence-electron chi connectivity index (χ1n) is 9.57. The predicted molar refractivity (Wildman–Crippen MR) is 94.2 cm³/mol. The Labute approximate surface area is 145 Å². The van der Waals surface area contributed by atoms with Crippen molar-refractivity contribution in [1.29, 1.82) is 0 Å². The minimum absolute atomic E-state index is 0.162. The molecule has 1 atom stereocenters. The molecule has 24 heavy (non-hydrogen) atoms. The maximum atomic E-state index is 13.2. The van der Waals surface area contributed by atoms with Gasteiger partial charge in [-0.2, -0.15) is 5.10 Å². The molecule has 2 aliphatic rings. The van der Waals surface area contributed by atoms with E-state index in [1.165, 1.54) is 6.42 Å². The van der Waals surface area contributed by atoms with Crippen molar-refractivity contribution in [3.63, 3.8) is 0 Å². The highest BCUT2D eigenvalue weighted by Gasteiger charge is 2.40. The maximum Gasteiger partial charge on any atom is 0.257 e. The van der Waals surface area contributed by atoms with Gasteiger partial charge in [-0.25, -0.2) is 0 Å². The van der Waals surface area contributed by atoms with Gasteiger partial charge in [0.25, 0.3) is 5.91 Å². The molecule has 3 heterocycles. The summed E-state index contributed by atoms with van der Waals surface area (Å²) in [5, 5.41) is 4.58. The summed E-state index contributed by atoms with van der Waals surface area (Å²) in [5.41, 5.74) is 2.10. The van der Waals surface area contributed by atoms with Gasteiger partial charge in [-0.1, -0.05) is 20.8 Å². The van der Waals surface area contributed by atoms with E-state index in [0.29, 0.717) is 6.04 Å². The zero-order valence-electron chi connectivity index (χ0n) is 15.4. The summed E-state index contributed by atoms with van der Waals surface area (Å²) in [6, 6.07) is 0.387. The minimum Gasteiger partial charge on any atom is -0.381 e. The average molecular weight is 333 g/mol. The lowest BCUT2D eigenvalue weighted by Gasteiger charge is -2.39. The summed E-state index contributed by atoms with van der Waals surface area (Å²) in [6.07, 6.45) is 8.09. The normalized spacial score (nSPS) is 24.2. The quantitative estimate of drug-likeness (QED) is 0.829. The summed E-state index contributed by atoms with van der Waals surface area (Å²) in [6.45, 7) is 9.84. The molecule has 1 amide bonds. The third-order valence-corrected chi connectivity index (χ3v) is 5.89. The zero-order chi connectivity index (χ0) is 17.2. The number of hydrogen-bond donors (Lipinski definition) is 0. The van der Waals surface area contributed by atoms with Gasteiger partial charge in [0.2, 0.25) is 0 Å². The second-order valence-electron chi connectivity index (χ2n) is 7.41. The number of piperidine rings is 1. The highest BCUT2D eigenvalue weighted by atomic mass is 16.5. The van der Waals surface area contributed by atoms with Crippen molar-refractivity contribution < 1.29 is 9.53 Å². The molecule has 0 aliphatic carbocycles. The van der Waals surface area contributed by atoms with E-state index >= 15 is 0 Å². The molecule has 0 radical (unpaired) electrons. The molecule has 134 valence electrons. The lowest BCUT2D eigenvalue weighted by molar-refractivity contribution is 0.0461. The fourth-order valence-electron chi connectivity index (χ4n) is 4.39. The number of aromatic nitrogens is 2. The van der Waals surface area contributed by atoms with Crippen LogP contribution in [-0.2, 0) is 11.2 Å². The van der Waals surface area contributed by atoms with Gasteiger partial charge in [-0.15, -0.1) is 0 Å². The molecular weight excluding hydrogens is 302 g/mol. The molecule has 2 saturated heterocycles. The van der Waals surface area contributed by atoms with Crippen molar-refractivity contribution in [2.75, 3.05) is 26.3 Å². The Bertz CT molecular complexity index is 571. The molecule has 1 aromatic heterocycles. The molecule has 0 bridgehead atoms. The summed E-state index contributed by atoms with van der Waals surface area (Å²) in [7, 11) is 0. The third-order valence-electron chi connectivity index (χ3n) is 5.89. The van der Waals surface area contributed by atoms with Crippen LogP contribution in [0.4, 0.5) is 0 Å². The van der Waals surface area contributed by atoms with Gasteiger partial charge >= 0.3 is 0 Å². The van der Waals surface area contributed by atoms with Crippen LogP contribution in [-0.4, -0.2) is 46.9 Å². The van der Waals surface area contributed by atoms with E-state index in [4.69, 9.17) is 4.74 Å². The molecule has 2 fully saturated rings. The molecule has 0 N–H and O–H groups in total. The summed E-state index contributed by atoms with van der Waals surface area (Å²) in [5.74, 6) is 0.162. The highest BCUT2D eigenvalue weighted by Crippen LogP contribution is 2.38. The molecular formula is C19H31N3O2. The molecule has 1 unspecified atom stereocenters. The fourth-order valence-corrected chi connectivity index (χ4v) is 4.39. The number of amides is 1. The van der Waals surface area contributed by atoms with Crippen LogP contribution in [0.15, 0.2) is 6.20 Å². The zero-order valence-corrected chi connectivity index (χ0v) is 15.4. The molecule has 1 spiro atoms. The molecule has 2 aliphatic heterocycles. The molecule has 0 saturated carbocycles. The monoisotopic (exact) mass is 333 g/mol. The van der Waals surface area contributed by atoms with Crippen LogP contribution in [0.3, 0.4) is 0 Å². The van der Waals surface area contributed by atoms with Gasteiger partial charge in [0.05, 0.1) is 30.1 Å². The second kappa shape index (κ2) is 7.26. The molecule has 0 aromatic carbocycles. The largest absolute Gasteiger partial charge is 0.381 e. The smallest absolute Gasteiger partial charge is 0.257 e. The van der Waals surface area contributed by atoms with Crippen molar-refractivity contribution in [3.05, 3.63) is 17.5 Å². The number of carbonyl (C=O) groups excluding carboxylic acids is 1. The Kier molecular flexibility index (Phi) is 5.28. The predicted octanol–water partition coefficient (Wildman–Crippen LogP) is 3.45. The Morgan fingerprint density at radius 3 is 2.75 bits per heavy atom. The summed E-state index contributed by atoms with van der Waals surface area (Å²) < 4.78 is 7.72. The van der Waals surface area contributed by atoms with E-state index in [1.54, 1.807) is 6.20 Å². The van der Waals surface area contributed by atoms with Crippen molar-refractivity contribution in [3.8, 4) is 0 Å². The number of likely N-dealkylation sites (tertiary alicyclic amines) is 1. The van der Waals surface area contributed by atoms with Crippen molar-refractivity contribution in [1.82, 2.24) is 14.7 Å². The Hall–Kier alpha value is -1.36. The number of ether oxygens (including phenoxy) is 1. The number of carbonyl (C=O) groups is 1. The van der Waals surface area contributed by atoms with Crippen molar-refractivity contribution in [2.24, 2.45) is 5.41 Å². The van der Waals surface area contributed by atoms with Gasteiger partial charge in [0, 0.05) is 25.1 Å². The van der Waals surface area contributed by atoms with Gasteiger partial charge < -0.3 is 9.64 Å². The number of rotatable bonds is 5. The lowest BCUT2D eigenvalue weighted by Crippen LogP contribution is -2.46. The first-order chi connectivity index (χ1) is 11.6. The number of hydrogen-bond acceptors (Lipinski definition) is 3. The Morgan fingerprint density at radius 1 is 1.33 bits per heavy atom. The summed E-state index contributed by atoms with van der Waals surface area (Å²) in [4.78, 5) is 15.2. The Balaban J connectivity index is 1.82. The standard InChI is InChI=1S/C19H31N3O2/c1-4-15(5-2)22-17(6-3)16(12-20-22)18(23)21-10-7-8-19(13-21)9-11-24-14-19/h12,15H,4-11,13-14H2,1-3H3. The fraction of sp³-hybridized carbons (Fsp3) is 0.789. The topological polar surface area (TPSA) is 47.4 Å². The van der Waals surface area contributed by atoms with Crippen LogP contribution in [0.25, 0.3) is 0 Å². The second-order valence-corrected chi connectivity index (χ2v) is 7.41. The van der Waals surface area contributed by atoms with E-state index in [-0.39, 0.29) is 11.3 Å².